The number of carbonyl (C=O) groups is 1. The summed E-state index contributed by atoms with van der Waals surface area (Å²) in [5.41, 5.74) is 2.53. The third kappa shape index (κ3) is 6.53. The van der Waals surface area contributed by atoms with Crippen LogP contribution >= 0.6 is 0 Å². The number of ether oxygens (including phenoxy) is 2. The van der Waals surface area contributed by atoms with Crippen molar-refractivity contribution in [3.63, 3.8) is 0 Å². The van der Waals surface area contributed by atoms with E-state index in [4.69, 9.17) is 9.47 Å². The molecule has 31 heavy (non-hydrogen) atoms. The molecular formula is C23H32N2O5S. The largest absolute Gasteiger partial charge is 0.495 e. The Kier molecular flexibility index (Phi) is 8.22. The van der Waals surface area contributed by atoms with Crippen LogP contribution in [0.4, 0.5) is 0 Å². The van der Waals surface area contributed by atoms with Gasteiger partial charge >= 0.3 is 0 Å². The lowest BCUT2D eigenvalue weighted by atomic mass is 9.87. The summed E-state index contributed by atoms with van der Waals surface area (Å²) in [7, 11) is 0.703. The average molecular weight is 449 g/mol. The molecule has 2 rings (SSSR count). The first kappa shape index (κ1) is 24.8. The Morgan fingerprint density at radius 1 is 1.06 bits per heavy atom. The molecule has 0 saturated carbocycles. The van der Waals surface area contributed by atoms with Crippen molar-refractivity contribution in [2.75, 3.05) is 34.4 Å². The van der Waals surface area contributed by atoms with Gasteiger partial charge in [-0.25, -0.2) is 13.1 Å². The third-order valence-corrected chi connectivity index (χ3v) is 6.37. The van der Waals surface area contributed by atoms with E-state index in [0.717, 1.165) is 5.56 Å². The van der Waals surface area contributed by atoms with Crippen molar-refractivity contribution in [1.29, 1.82) is 0 Å². The van der Waals surface area contributed by atoms with Crippen LogP contribution in [-0.4, -0.2) is 53.6 Å². The van der Waals surface area contributed by atoms with Crippen LogP contribution in [-0.2, 0) is 26.7 Å². The summed E-state index contributed by atoms with van der Waals surface area (Å²) in [6, 6.07) is 12.5. The molecule has 0 aromatic heterocycles. The van der Waals surface area contributed by atoms with Gasteiger partial charge < -0.3 is 14.4 Å². The predicted molar refractivity (Wildman–Crippen MR) is 121 cm³/mol. The van der Waals surface area contributed by atoms with Gasteiger partial charge in [0.1, 0.15) is 10.6 Å². The van der Waals surface area contributed by atoms with Crippen LogP contribution in [0, 0.1) is 0 Å². The second-order valence-corrected chi connectivity index (χ2v) is 10.1. The van der Waals surface area contributed by atoms with E-state index < -0.39 is 10.0 Å². The second-order valence-electron chi connectivity index (χ2n) is 8.36. The highest BCUT2D eigenvalue weighted by Gasteiger charge is 2.23. The number of sulfonamides is 1. The highest BCUT2D eigenvalue weighted by atomic mass is 32.2. The number of benzene rings is 2. The molecule has 0 unspecified atom stereocenters. The van der Waals surface area contributed by atoms with Crippen molar-refractivity contribution in [3.05, 3.63) is 59.2 Å². The van der Waals surface area contributed by atoms with Crippen LogP contribution in [0.5, 0.6) is 5.75 Å². The molecule has 7 nitrogen and oxygen atoms in total. The summed E-state index contributed by atoms with van der Waals surface area (Å²) in [4.78, 5) is 14.4. The van der Waals surface area contributed by atoms with Crippen molar-refractivity contribution >= 4 is 15.9 Å². The summed E-state index contributed by atoms with van der Waals surface area (Å²) < 4.78 is 37.9. The van der Waals surface area contributed by atoms with Crippen LogP contribution in [0.15, 0.2) is 47.4 Å². The summed E-state index contributed by atoms with van der Waals surface area (Å²) in [5.74, 6) is -0.113. The van der Waals surface area contributed by atoms with Gasteiger partial charge in [-0.3, -0.25) is 4.79 Å². The van der Waals surface area contributed by atoms with Crippen LogP contribution in [0.1, 0.15) is 42.3 Å². The quantitative estimate of drug-likeness (QED) is 0.596. The molecule has 0 aliphatic carbocycles. The topological polar surface area (TPSA) is 84.9 Å². The Morgan fingerprint density at radius 3 is 2.26 bits per heavy atom. The zero-order valence-corrected chi connectivity index (χ0v) is 19.9. The van der Waals surface area contributed by atoms with Gasteiger partial charge in [0.05, 0.1) is 13.7 Å². The fraction of sp³-hybridized carbons (Fsp3) is 0.435. The first-order valence-electron chi connectivity index (χ1n) is 10.0. The molecule has 170 valence electrons. The highest BCUT2D eigenvalue weighted by molar-refractivity contribution is 7.89. The van der Waals surface area contributed by atoms with Gasteiger partial charge in [-0.05, 0) is 34.7 Å². The molecular weight excluding hydrogens is 416 g/mol. The van der Waals surface area contributed by atoms with Gasteiger partial charge in [-0.1, -0.05) is 45.0 Å². The van der Waals surface area contributed by atoms with E-state index in [2.05, 4.69) is 37.6 Å². The zero-order valence-electron chi connectivity index (χ0n) is 19.1. The number of nitrogens with zero attached hydrogens (tertiary/aromatic N) is 1. The number of hydrogen-bond acceptors (Lipinski definition) is 5. The molecule has 1 amide bonds. The monoisotopic (exact) mass is 448 g/mol. The van der Waals surface area contributed by atoms with E-state index in [9.17, 15) is 13.2 Å². The molecule has 2 aromatic carbocycles. The Morgan fingerprint density at radius 2 is 1.71 bits per heavy atom. The van der Waals surface area contributed by atoms with E-state index in [1.54, 1.807) is 18.0 Å². The summed E-state index contributed by atoms with van der Waals surface area (Å²) in [6.45, 7) is 7.20. The Bertz CT molecular complexity index is 996. The first-order chi connectivity index (χ1) is 14.5. The van der Waals surface area contributed by atoms with Crippen LogP contribution in [0.3, 0.4) is 0 Å². The number of carbonyl (C=O) groups excluding carboxylic acids is 1. The van der Waals surface area contributed by atoms with Gasteiger partial charge in [0.25, 0.3) is 5.91 Å². The first-order valence-corrected chi connectivity index (χ1v) is 11.5. The number of nitrogens with one attached hydrogen (secondary N) is 1. The van der Waals surface area contributed by atoms with Gasteiger partial charge in [-0.15, -0.1) is 0 Å². The maximum absolute atomic E-state index is 13.0. The predicted octanol–water partition coefficient (Wildman–Crippen LogP) is 3.19. The zero-order chi connectivity index (χ0) is 23.2. The minimum Gasteiger partial charge on any atom is -0.495 e. The molecule has 0 fully saturated rings. The molecule has 0 aliphatic rings. The lowest BCUT2D eigenvalue weighted by Crippen LogP contribution is -2.29. The van der Waals surface area contributed by atoms with Crippen LogP contribution in [0.2, 0.25) is 0 Å². The molecule has 1 N–H and O–H groups in total. The highest BCUT2D eigenvalue weighted by Crippen LogP contribution is 2.26. The fourth-order valence-corrected chi connectivity index (χ4v) is 4.26. The number of amides is 1. The van der Waals surface area contributed by atoms with Crippen molar-refractivity contribution in [2.45, 2.75) is 37.6 Å². The van der Waals surface area contributed by atoms with Crippen molar-refractivity contribution in [2.24, 2.45) is 0 Å². The Hall–Kier alpha value is -2.42. The molecule has 8 heteroatoms. The van der Waals surface area contributed by atoms with Crippen molar-refractivity contribution < 1.29 is 22.7 Å². The minimum atomic E-state index is -3.86. The SMILES string of the molecule is COCCNS(=O)(=O)c1cc(C(=O)N(C)Cc2ccc(C(C)(C)C)cc2)ccc1OC. The van der Waals surface area contributed by atoms with Crippen LogP contribution < -0.4 is 9.46 Å². The lowest BCUT2D eigenvalue weighted by Gasteiger charge is -2.21. The summed E-state index contributed by atoms with van der Waals surface area (Å²) in [6.07, 6.45) is 0. The molecule has 0 spiro atoms. The standard InChI is InChI=1S/C23H32N2O5S/c1-23(2,3)19-10-7-17(8-11-19)16-25(4)22(26)18-9-12-20(30-6)21(15-18)31(27,28)24-13-14-29-5/h7-12,15,24H,13-14,16H2,1-6H3. The minimum absolute atomic E-state index is 0.0581. The molecule has 0 radical (unpaired) electrons. The molecule has 0 aliphatic heterocycles. The molecule has 2 aromatic rings. The lowest BCUT2D eigenvalue weighted by molar-refractivity contribution is 0.0784. The van der Waals surface area contributed by atoms with E-state index in [-0.39, 0.29) is 40.7 Å². The molecule has 0 saturated heterocycles. The van der Waals surface area contributed by atoms with Crippen LogP contribution in [0.25, 0.3) is 0 Å². The smallest absolute Gasteiger partial charge is 0.253 e. The second kappa shape index (κ2) is 10.3. The molecule has 0 atom stereocenters. The summed E-state index contributed by atoms with van der Waals surface area (Å²) >= 11 is 0. The van der Waals surface area contributed by atoms with Gasteiger partial charge in [0.15, 0.2) is 0 Å². The third-order valence-electron chi connectivity index (χ3n) is 4.88. The fourth-order valence-electron chi connectivity index (χ4n) is 3.05. The average Bonchev–Trinajstić information content (AvgIpc) is 2.72. The maximum Gasteiger partial charge on any atom is 0.253 e. The van der Waals surface area contributed by atoms with E-state index in [1.807, 2.05) is 12.1 Å². The summed E-state index contributed by atoms with van der Waals surface area (Å²) in [5, 5.41) is 0. The van der Waals surface area contributed by atoms with E-state index >= 15 is 0 Å². The van der Waals surface area contributed by atoms with Gasteiger partial charge in [0.2, 0.25) is 10.0 Å². The number of hydrogen-bond donors (Lipinski definition) is 1. The normalized spacial score (nSPS) is 11.9. The molecule has 0 heterocycles. The Labute approximate surface area is 185 Å². The van der Waals surface area contributed by atoms with Gasteiger partial charge in [0, 0.05) is 32.8 Å². The number of rotatable bonds is 9. The van der Waals surface area contributed by atoms with Crippen molar-refractivity contribution in [1.82, 2.24) is 9.62 Å². The van der Waals surface area contributed by atoms with Crippen molar-refractivity contribution in [3.8, 4) is 5.75 Å². The van der Waals surface area contributed by atoms with E-state index in [1.165, 1.54) is 31.9 Å². The van der Waals surface area contributed by atoms with Gasteiger partial charge in [-0.2, -0.15) is 0 Å². The Balaban J connectivity index is 2.22. The maximum atomic E-state index is 13.0. The van der Waals surface area contributed by atoms with E-state index in [0.29, 0.717) is 6.54 Å². The number of methoxy groups -OCH3 is 2. The molecule has 0 bridgehead atoms.